The van der Waals surface area contributed by atoms with Crippen LogP contribution in [0.25, 0.3) is 0 Å². The fraction of sp³-hybridized carbons (Fsp3) is 0.800. The minimum atomic E-state index is 0.353. The lowest BCUT2D eigenvalue weighted by Crippen LogP contribution is -1.98. The second kappa shape index (κ2) is 8.01. The summed E-state index contributed by atoms with van der Waals surface area (Å²) in [7, 11) is 0. The molecule has 1 heteroatoms. The van der Waals surface area contributed by atoms with Crippen LogP contribution in [0.15, 0.2) is 0 Å². The summed E-state index contributed by atoms with van der Waals surface area (Å²) in [6.07, 6.45) is 12.0. The van der Waals surface area contributed by atoms with Crippen molar-refractivity contribution in [3.05, 3.63) is 6.42 Å². The molecule has 11 heavy (non-hydrogen) atoms. The van der Waals surface area contributed by atoms with Gasteiger partial charge in [0.15, 0.2) is 0 Å². The average molecular weight is 169 g/mol. The van der Waals surface area contributed by atoms with Crippen LogP contribution in [0.5, 0.6) is 0 Å². The molecule has 1 unspecified atom stereocenters. The van der Waals surface area contributed by atoms with E-state index in [0.29, 0.717) is 5.25 Å². The van der Waals surface area contributed by atoms with Crippen LogP contribution in [0.1, 0.15) is 39.5 Å². The van der Waals surface area contributed by atoms with Crippen molar-refractivity contribution < 1.29 is 0 Å². The van der Waals surface area contributed by atoms with Gasteiger partial charge in [-0.15, -0.1) is 11.8 Å². The Morgan fingerprint density at radius 2 is 2.09 bits per heavy atom. The summed E-state index contributed by atoms with van der Waals surface area (Å²) in [4.78, 5) is 0. The first-order chi connectivity index (χ1) is 5.35. The Bertz CT molecular complexity index is 113. The fourth-order valence-electron chi connectivity index (χ4n) is 0.978. The van der Waals surface area contributed by atoms with Gasteiger partial charge in [0, 0.05) is 0 Å². The largest absolute Gasteiger partial charge is 0.146 e. The second-order valence-electron chi connectivity index (χ2n) is 2.58. The van der Waals surface area contributed by atoms with Gasteiger partial charge in [-0.3, -0.25) is 0 Å². The SMILES string of the molecule is [C]#CC(CCCCC)SCC. The molecule has 0 aliphatic carbocycles. The van der Waals surface area contributed by atoms with Crippen molar-refractivity contribution in [1.29, 1.82) is 0 Å². The van der Waals surface area contributed by atoms with Gasteiger partial charge in [-0.25, -0.2) is 0 Å². The minimum absolute atomic E-state index is 0.353. The van der Waals surface area contributed by atoms with E-state index < -0.39 is 0 Å². The predicted molar refractivity (Wildman–Crippen MR) is 53.2 cm³/mol. The van der Waals surface area contributed by atoms with Gasteiger partial charge in [0.25, 0.3) is 0 Å². The molecule has 0 aromatic rings. The first-order valence-corrected chi connectivity index (χ1v) is 5.43. The highest BCUT2D eigenvalue weighted by Gasteiger charge is 2.02. The summed E-state index contributed by atoms with van der Waals surface area (Å²) < 4.78 is 0. The van der Waals surface area contributed by atoms with Gasteiger partial charge < -0.3 is 0 Å². The Labute approximate surface area is 75.1 Å². The van der Waals surface area contributed by atoms with Crippen molar-refractivity contribution in [2.45, 2.75) is 44.8 Å². The zero-order valence-corrected chi connectivity index (χ0v) is 8.34. The van der Waals surface area contributed by atoms with Crippen molar-refractivity contribution in [2.24, 2.45) is 0 Å². The molecule has 0 aliphatic rings. The maximum absolute atomic E-state index is 7.03. The van der Waals surface area contributed by atoms with Crippen LogP contribution < -0.4 is 0 Å². The first-order valence-electron chi connectivity index (χ1n) is 4.39. The van der Waals surface area contributed by atoms with Gasteiger partial charge in [-0.2, -0.15) is 0 Å². The van der Waals surface area contributed by atoms with Gasteiger partial charge in [0.1, 0.15) is 0 Å². The third kappa shape index (κ3) is 6.31. The van der Waals surface area contributed by atoms with E-state index in [1.807, 2.05) is 11.8 Å². The van der Waals surface area contributed by atoms with Gasteiger partial charge in [0.05, 0.1) is 5.25 Å². The fourth-order valence-corrected chi connectivity index (χ4v) is 1.80. The molecule has 0 heterocycles. The second-order valence-corrected chi connectivity index (χ2v) is 4.06. The van der Waals surface area contributed by atoms with Gasteiger partial charge in [0.2, 0.25) is 0 Å². The molecule has 0 aliphatic heterocycles. The molecule has 0 aromatic heterocycles. The van der Waals surface area contributed by atoms with E-state index in [1.54, 1.807) is 0 Å². The molecule has 0 rings (SSSR count). The van der Waals surface area contributed by atoms with E-state index in [2.05, 4.69) is 19.8 Å². The van der Waals surface area contributed by atoms with Crippen molar-refractivity contribution >= 4 is 11.8 Å². The monoisotopic (exact) mass is 169 g/mol. The van der Waals surface area contributed by atoms with Crippen molar-refractivity contribution in [1.82, 2.24) is 0 Å². The van der Waals surface area contributed by atoms with Gasteiger partial charge in [-0.1, -0.05) is 39.0 Å². The van der Waals surface area contributed by atoms with Crippen molar-refractivity contribution in [3.8, 4) is 5.92 Å². The number of unbranched alkanes of at least 4 members (excludes halogenated alkanes) is 2. The minimum Gasteiger partial charge on any atom is -0.146 e. The Hall–Kier alpha value is -0.0900. The summed E-state index contributed by atoms with van der Waals surface area (Å²) >= 11 is 1.83. The highest BCUT2D eigenvalue weighted by molar-refractivity contribution is 8.00. The Kier molecular flexibility index (Phi) is 7.95. The molecule has 0 spiro atoms. The Morgan fingerprint density at radius 3 is 2.55 bits per heavy atom. The van der Waals surface area contributed by atoms with E-state index in [9.17, 15) is 0 Å². The summed E-state index contributed by atoms with van der Waals surface area (Å²) in [6, 6.07) is 0. The zero-order valence-electron chi connectivity index (χ0n) is 7.52. The maximum atomic E-state index is 7.03. The highest BCUT2D eigenvalue weighted by atomic mass is 32.2. The van der Waals surface area contributed by atoms with E-state index in [0.717, 1.165) is 12.2 Å². The molecule has 1 radical (unpaired) electrons. The van der Waals surface area contributed by atoms with E-state index in [4.69, 9.17) is 6.42 Å². The van der Waals surface area contributed by atoms with Crippen molar-refractivity contribution in [2.75, 3.05) is 5.75 Å². The molecule has 0 fully saturated rings. The lowest BCUT2D eigenvalue weighted by atomic mass is 10.1. The Balaban J connectivity index is 3.30. The molecule has 63 valence electrons. The molecule has 0 nitrogen and oxygen atoms in total. The molecule has 0 saturated carbocycles. The first kappa shape index (κ1) is 10.9. The van der Waals surface area contributed by atoms with Crippen molar-refractivity contribution in [3.63, 3.8) is 0 Å². The maximum Gasteiger partial charge on any atom is 0.0667 e. The van der Waals surface area contributed by atoms with E-state index in [1.165, 1.54) is 19.3 Å². The highest BCUT2D eigenvalue weighted by Crippen LogP contribution is 2.16. The van der Waals surface area contributed by atoms with Crippen LogP contribution in [-0.2, 0) is 0 Å². The smallest absolute Gasteiger partial charge is 0.0667 e. The summed E-state index contributed by atoms with van der Waals surface area (Å²) in [5.41, 5.74) is 0. The number of rotatable bonds is 6. The third-order valence-corrected chi connectivity index (χ3v) is 2.69. The molecular weight excluding hydrogens is 152 g/mol. The quantitative estimate of drug-likeness (QED) is 0.434. The third-order valence-electron chi connectivity index (χ3n) is 1.60. The molecule has 1 atom stereocenters. The van der Waals surface area contributed by atoms with Crippen LogP contribution in [0.2, 0.25) is 0 Å². The lowest BCUT2D eigenvalue weighted by Gasteiger charge is -2.06. The number of thioether (sulfide) groups is 1. The molecule has 0 bridgehead atoms. The molecular formula is C10H17S. The van der Waals surface area contributed by atoms with E-state index in [-0.39, 0.29) is 0 Å². The molecule has 0 N–H and O–H groups in total. The molecule has 0 saturated heterocycles. The summed E-state index contributed by atoms with van der Waals surface area (Å²) in [5, 5.41) is 0.353. The van der Waals surface area contributed by atoms with Crippen LogP contribution >= 0.6 is 11.8 Å². The van der Waals surface area contributed by atoms with Crippen LogP contribution in [0, 0.1) is 12.3 Å². The average Bonchev–Trinajstić information content (AvgIpc) is 2.03. The van der Waals surface area contributed by atoms with Gasteiger partial charge in [-0.05, 0) is 18.6 Å². The topological polar surface area (TPSA) is 0 Å². The van der Waals surface area contributed by atoms with E-state index >= 15 is 0 Å². The predicted octanol–water partition coefficient (Wildman–Crippen LogP) is 3.28. The van der Waals surface area contributed by atoms with Crippen LogP contribution in [-0.4, -0.2) is 11.0 Å². The normalized spacial score (nSPS) is 12.5. The number of hydrogen-bond donors (Lipinski definition) is 0. The Morgan fingerprint density at radius 1 is 1.36 bits per heavy atom. The zero-order chi connectivity index (χ0) is 8.53. The van der Waals surface area contributed by atoms with Gasteiger partial charge >= 0.3 is 0 Å². The standard InChI is InChI=1S/C10H17S/c1-4-7-8-9-10(5-2)11-6-3/h10H,4,6-9H2,1,3H3. The van der Waals surface area contributed by atoms with Crippen LogP contribution in [0.4, 0.5) is 0 Å². The lowest BCUT2D eigenvalue weighted by molar-refractivity contribution is 0.685. The summed E-state index contributed by atoms with van der Waals surface area (Å²) in [5.74, 6) is 3.67. The van der Waals surface area contributed by atoms with Crippen LogP contribution in [0.3, 0.4) is 0 Å². The molecule has 0 aromatic carbocycles. The number of hydrogen-bond acceptors (Lipinski definition) is 1. The summed E-state index contributed by atoms with van der Waals surface area (Å²) in [6.45, 7) is 4.34. The molecule has 0 amide bonds.